The number of ether oxygens (including phenoxy) is 1. The standard InChI is InChI=1S/C11H16O2/c12-11-9(3-4-13-11)10-6-7-1-2-8(10)5-7/h7-10H,1-6H2. The monoisotopic (exact) mass is 180 g/mol. The summed E-state index contributed by atoms with van der Waals surface area (Å²) < 4.78 is 5.05. The first kappa shape index (κ1) is 7.84. The number of esters is 1. The topological polar surface area (TPSA) is 26.3 Å². The third-order valence-corrected chi connectivity index (χ3v) is 4.29. The van der Waals surface area contributed by atoms with Crippen molar-refractivity contribution in [2.75, 3.05) is 6.61 Å². The number of rotatable bonds is 1. The maximum atomic E-state index is 11.4. The molecule has 0 radical (unpaired) electrons. The summed E-state index contributed by atoms with van der Waals surface area (Å²) in [5.74, 6) is 2.87. The van der Waals surface area contributed by atoms with Crippen molar-refractivity contribution in [3.05, 3.63) is 0 Å². The first-order valence-corrected chi connectivity index (χ1v) is 5.51. The van der Waals surface area contributed by atoms with Gasteiger partial charge in [0.15, 0.2) is 0 Å². The van der Waals surface area contributed by atoms with Crippen LogP contribution in [0.2, 0.25) is 0 Å². The van der Waals surface area contributed by atoms with Gasteiger partial charge in [-0.2, -0.15) is 0 Å². The predicted octanol–water partition coefficient (Wildman–Crippen LogP) is 1.99. The van der Waals surface area contributed by atoms with Crippen molar-refractivity contribution < 1.29 is 9.53 Å². The Balaban J connectivity index is 1.75. The summed E-state index contributed by atoms with van der Waals surface area (Å²) in [6.45, 7) is 0.678. The van der Waals surface area contributed by atoms with Gasteiger partial charge in [-0.1, -0.05) is 6.42 Å². The molecule has 72 valence electrons. The number of hydrogen-bond acceptors (Lipinski definition) is 2. The second-order valence-electron chi connectivity index (χ2n) is 4.90. The molecule has 2 nitrogen and oxygen atoms in total. The van der Waals surface area contributed by atoms with Gasteiger partial charge in [0.25, 0.3) is 0 Å². The smallest absolute Gasteiger partial charge is 0.309 e. The Labute approximate surface area is 78.6 Å². The summed E-state index contributed by atoms with van der Waals surface area (Å²) in [7, 11) is 0. The molecule has 3 rings (SSSR count). The Morgan fingerprint density at radius 2 is 2.08 bits per heavy atom. The summed E-state index contributed by atoms with van der Waals surface area (Å²) in [6, 6.07) is 0. The lowest BCUT2D eigenvalue weighted by Gasteiger charge is -2.24. The molecule has 4 atom stereocenters. The summed E-state index contributed by atoms with van der Waals surface area (Å²) in [5.41, 5.74) is 0. The van der Waals surface area contributed by atoms with Gasteiger partial charge in [-0.05, 0) is 43.4 Å². The van der Waals surface area contributed by atoms with E-state index in [4.69, 9.17) is 4.74 Å². The molecule has 2 bridgehead atoms. The van der Waals surface area contributed by atoms with Crippen molar-refractivity contribution in [1.82, 2.24) is 0 Å². The van der Waals surface area contributed by atoms with Gasteiger partial charge in [0.2, 0.25) is 0 Å². The summed E-state index contributed by atoms with van der Waals surface area (Å²) in [5, 5.41) is 0. The molecule has 0 amide bonds. The van der Waals surface area contributed by atoms with Crippen LogP contribution >= 0.6 is 0 Å². The molecular formula is C11H16O2. The van der Waals surface area contributed by atoms with Crippen LogP contribution in [0.3, 0.4) is 0 Å². The lowest BCUT2D eigenvalue weighted by atomic mass is 9.79. The molecule has 2 heteroatoms. The zero-order valence-electron chi connectivity index (χ0n) is 7.87. The van der Waals surface area contributed by atoms with E-state index >= 15 is 0 Å². The Morgan fingerprint density at radius 1 is 1.15 bits per heavy atom. The van der Waals surface area contributed by atoms with E-state index in [-0.39, 0.29) is 11.9 Å². The molecule has 0 aromatic heterocycles. The predicted molar refractivity (Wildman–Crippen MR) is 48.0 cm³/mol. The van der Waals surface area contributed by atoms with Gasteiger partial charge in [-0.3, -0.25) is 4.79 Å². The van der Waals surface area contributed by atoms with Crippen LogP contribution in [0.25, 0.3) is 0 Å². The van der Waals surface area contributed by atoms with E-state index in [1.54, 1.807) is 0 Å². The highest BCUT2D eigenvalue weighted by Gasteiger charge is 2.46. The molecule has 0 aromatic rings. The van der Waals surface area contributed by atoms with Crippen LogP contribution in [0, 0.1) is 23.7 Å². The zero-order chi connectivity index (χ0) is 8.84. The molecule has 0 aromatic carbocycles. The highest BCUT2D eigenvalue weighted by molar-refractivity contribution is 5.74. The highest BCUT2D eigenvalue weighted by atomic mass is 16.5. The Kier molecular flexibility index (Phi) is 1.64. The lowest BCUT2D eigenvalue weighted by Crippen LogP contribution is -2.24. The highest BCUT2D eigenvalue weighted by Crippen LogP contribution is 2.52. The van der Waals surface area contributed by atoms with Gasteiger partial charge in [-0.25, -0.2) is 0 Å². The quantitative estimate of drug-likeness (QED) is 0.577. The van der Waals surface area contributed by atoms with Crippen LogP contribution in [0.4, 0.5) is 0 Å². The number of fused-ring (bicyclic) bond motifs is 2. The van der Waals surface area contributed by atoms with E-state index in [2.05, 4.69) is 0 Å². The molecule has 2 aliphatic carbocycles. The van der Waals surface area contributed by atoms with Crippen molar-refractivity contribution >= 4 is 5.97 Å². The average molecular weight is 180 g/mol. The van der Waals surface area contributed by atoms with E-state index < -0.39 is 0 Å². The summed E-state index contributed by atoms with van der Waals surface area (Å²) in [4.78, 5) is 11.4. The minimum absolute atomic E-state index is 0.0950. The maximum absolute atomic E-state index is 11.4. The summed E-state index contributed by atoms with van der Waals surface area (Å²) >= 11 is 0. The third-order valence-electron chi connectivity index (χ3n) is 4.29. The van der Waals surface area contributed by atoms with Gasteiger partial charge in [0.1, 0.15) is 0 Å². The van der Waals surface area contributed by atoms with Crippen LogP contribution in [0.5, 0.6) is 0 Å². The minimum Gasteiger partial charge on any atom is -0.465 e. The largest absolute Gasteiger partial charge is 0.465 e. The maximum Gasteiger partial charge on any atom is 0.309 e. The number of hydrogen-bond donors (Lipinski definition) is 0. The number of carbonyl (C=O) groups is 1. The van der Waals surface area contributed by atoms with Crippen LogP contribution in [0.1, 0.15) is 32.1 Å². The second-order valence-corrected chi connectivity index (χ2v) is 4.90. The van der Waals surface area contributed by atoms with E-state index in [0.29, 0.717) is 12.5 Å². The minimum atomic E-state index is 0.0950. The van der Waals surface area contributed by atoms with E-state index in [1.165, 1.54) is 25.7 Å². The van der Waals surface area contributed by atoms with Crippen molar-refractivity contribution in [2.45, 2.75) is 32.1 Å². The van der Waals surface area contributed by atoms with Crippen LogP contribution in [0.15, 0.2) is 0 Å². The first-order valence-electron chi connectivity index (χ1n) is 5.51. The van der Waals surface area contributed by atoms with Crippen molar-refractivity contribution in [1.29, 1.82) is 0 Å². The summed E-state index contributed by atoms with van der Waals surface area (Å²) in [6.07, 6.45) is 6.49. The molecular weight excluding hydrogens is 164 g/mol. The molecule has 1 heterocycles. The van der Waals surface area contributed by atoms with E-state index in [1.807, 2.05) is 0 Å². The fourth-order valence-electron chi connectivity index (χ4n) is 3.69. The van der Waals surface area contributed by atoms with E-state index in [0.717, 1.165) is 18.3 Å². The molecule has 3 aliphatic rings. The van der Waals surface area contributed by atoms with Crippen LogP contribution < -0.4 is 0 Å². The van der Waals surface area contributed by atoms with Gasteiger partial charge in [0.05, 0.1) is 12.5 Å². The Bertz CT molecular complexity index is 236. The molecule has 1 aliphatic heterocycles. The van der Waals surface area contributed by atoms with E-state index in [9.17, 15) is 4.79 Å². The van der Waals surface area contributed by atoms with Crippen molar-refractivity contribution in [3.8, 4) is 0 Å². The third kappa shape index (κ3) is 1.11. The SMILES string of the molecule is O=C1OCCC1C1CC2CCC1C2. The molecule has 4 unspecified atom stereocenters. The first-order chi connectivity index (χ1) is 6.34. The normalized spacial score (nSPS) is 48.5. The van der Waals surface area contributed by atoms with Gasteiger partial charge >= 0.3 is 5.97 Å². The fraction of sp³-hybridized carbons (Fsp3) is 0.909. The van der Waals surface area contributed by atoms with Crippen LogP contribution in [-0.4, -0.2) is 12.6 Å². The number of carbonyl (C=O) groups excluding carboxylic acids is 1. The average Bonchev–Trinajstić information content (AvgIpc) is 2.77. The molecule has 3 fully saturated rings. The Morgan fingerprint density at radius 3 is 2.62 bits per heavy atom. The van der Waals surface area contributed by atoms with Gasteiger partial charge in [0, 0.05) is 0 Å². The molecule has 0 spiro atoms. The van der Waals surface area contributed by atoms with Gasteiger partial charge in [-0.15, -0.1) is 0 Å². The van der Waals surface area contributed by atoms with Crippen molar-refractivity contribution in [2.24, 2.45) is 23.7 Å². The molecule has 13 heavy (non-hydrogen) atoms. The van der Waals surface area contributed by atoms with Gasteiger partial charge < -0.3 is 4.74 Å². The molecule has 2 saturated carbocycles. The fourth-order valence-corrected chi connectivity index (χ4v) is 3.69. The Hall–Kier alpha value is -0.530. The second kappa shape index (κ2) is 2.73. The lowest BCUT2D eigenvalue weighted by molar-refractivity contribution is -0.143. The number of cyclic esters (lactones) is 1. The van der Waals surface area contributed by atoms with Crippen LogP contribution in [-0.2, 0) is 9.53 Å². The molecule has 1 saturated heterocycles. The zero-order valence-corrected chi connectivity index (χ0v) is 7.87. The molecule has 0 N–H and O–H groups in total. The van der Waals surface area contributed by atoms with Crippen molar-refractivity contribution in [3.63, 3.8) is 0 Å².